The summed E-state index contributed by atoms with van der Waals surface area (Å²) in [6.45, 7) is 3.28. The molecule has 1 aromatic carbocycles. The van der Waals surface area contributed by atoms with E-state index in [1.54, 1.807) is 5.51 Å². The van der Waals surface area contributed by atoms with Crippen LogP contribution in [0.4, 0.5) is 5.13 Å². The van der Waals surface area contributed by atoms with Crippen molar-refractivity contribution in [3.05, 3.63) is 40.9 Å². The summed E-state index contributed by atoms with van der Waals surface area (Å²) in [5.41, 5.74) is 8.81. The number of anilines is 1. The summed E-state index contributed by atoms with van der Waals surface area (Å²) in [6.07, 6.45) is 0. The minimum atomic E-state index is -0.117. The predicted molar refractivity (Wildman–Crippen MR) is 102 cm³/mol. The van der Waals surface area contributed by atoms with E-state index in [2.05, 4.69) is 15.5 Å². The Morgan fingerprint density at radius 2 is 1.85 bits per heavy atom. The molecule has 1 aliphatic rings. The lowest BCUT2D eigenvalue weighted by Crippen LogP contribution is -2.50. The first-order chi connectivity index (χ1) is 12.2. The van der Waals surface area contributed by atoms with Crippen molar-refractivity contribution in [2.24, 2.45) is 5.73 Å². The predicted octanol–water partition coefficient (Wildman–Crippen LogP) is 0.815. The number of hydrogen-bond donors (Lipinski definition) is 2. The third-order valence-corrected chi connectivity index (χ3v) is 4.68. The van der Waals surface area contributed by atoms with E-state index in [4.69, 9.17) is 5.73 Å². The van der Waals surface area contributed by atoms with Crippen molar-refractivity contribution in [3.8, 4) is 0 Å². The van der Waals surface area contributed by atoms with Crippen LogP contribution in [0.2, 0.25) is 0 Å². The second kappa shape index (κ2) is 9.58. The first-order valence-corrected chi connectivity index (χ1v) is 8.90. The number of hydrogen-bond acceptors (Lipinski definition) is 7. The van der Waals surface area contributed by atoms with E-state index < -0.39 is 0 Å². The van der Waals surface area contributed by atoms with Crippen molar-refractivity contribution in [2.75, 3.05) is 38.0 Å². The summed E-state index contributed by atoms with van der Waals surface area (Å²) < 4.78 is 0. The first-order valence-electron chi connectivity index (χ1n) is 8.02. The zero-order chi connectivity index (χ0) is 17.6. The van der Waals surface area contributed by atoms with Gasteiger partial charge >= 0.3 is 0 Å². The van der Waals surface area contributed by atoms with Gasteiger partial charge in [0, 0.05) is 38.3 Å². The highest BCUT2D eigenvalue weighted by atomic mass is 35.5. The van der Waals surface area contributed by atoms with Gasteiger partial charge in [-0.2, -0.15) is 0 Å². The number of halogens is 1. The fraction of sp³-hybridized carbons (Fsp3) is 0.375. The summed E-state index contributed by atoms with van der Waals surface area (Å²) in [4.78, 5) is 28.3. The van der Waals surface area contributed by atoms with Gasteiger partial charge in [0.1, 0.15) is 5.51 Å². The second-order valence-electron chi connectivity index (χ2n) is 5.76. The molecule has 26 heavy (non-hydrogen) atoms. The Bertz CT molecular complexity index is 717. The number of piperazine rings is 1. The molecule has 1 saturated heterocycles. The monoisotopic (exact) mass is 396 g/mol. The molecule has 3 rings (SSSR count). The van der Waals surface area contributed by atoms with Crippen LogP contribution in [0.15, 0.2) is 29.8 Å². The van der Waals surface area contributed by atoms with Crippen molar-refractivity contribution in [1.82, 2.24) is 20.0 Å². The highest BCUT2D eigenvalue weighted by Gasteiger charge is 2.23. The average Bonchev–Trinajstić information content (AvgIpc) is 3.14. The largest absolute Gasteiger partial charge is 0.336 e. The second-order valence-corrected chi connectivity index (χ2v) is 6.59. The Balaban J connectivity index is 0.00000243. The van der Waals surface area contributed by atoms with Crippen LogP contribution >= 0.6 is 23.7 Å². The van der Waals surface area contributed by atoms with Gasteiger partial charge in [-0.15, -0.1) is 22.6 Å². The molecule has 10 heteroatoms. The summed E-state index contributed by atoms with van der Waals surface area (Å²) >= 11 is 1.28. The van der Waals surface area contributed by atoms with Gasteiger partial charge in [0.05, 0.1) is 6.54 Å². The average molecular weight is 397 g/mol. The number of benzene rings is 1. The van der Waals surface area contributed by atoms with Gasteiger partial charge in [-0.25, -0.2) is 0 Å². The Labute approximate surface area is 161 Å². The van der Waals surface area contributed by atoms with Crippen LogP contribution in [0.25, 0.3) is 0 Å². The summed E-state index contributed by atoms with van der Waals surface area (Å²) in [5.74, 6) is -0.101. The molecule has 2 heterocycles. The number of amides is 2. The topological polar surface area (TPSA) is 104 Å². The number of nitrogens with two attached hydrogens (primary N) is 1. The molecular weight excluding hydrogens is 376 g/mol. The fourth-order valence-corrected chi connectivity index (χ4v) is 3.13. The van der Waals surface area contributed by atoms with Crippen LogP contribution in [0.5, 0.6) is 0 Å². The molecular formula is C16H21ClN6O2S. The molecule has 0 aliphatic carbocycles. The standard InChI is InChI=1S/C16H20N6O2S.ClH/c17-9-12-1-3-13(4-2-12)15(24)22-7-5-21(6-8-22)10-14(23)19-16-20-18-11-25-16;/h1-4,11H,5-10,17H2,(H,19,20,23);1H. The van der Waals surface area contributed by atoms with Crippen molar-refractivity contribution < 1.29 is 9.59 Å². The number of rotatable bonds is 5. The highest BCUT2D eigenvalue weighted by Crippen LogP contribution is 2.11. The quantitative estimate of drug-likeness (QED) is 0.775. The molecule has 3 N–H and O–H groups in total. The van der Waals surface area contributed by atoms with E-state index >= 15 is 0 Å². The summed E-state index contributed by atoms with van der Waals surface area (Å²) in [7, 11) is 0. The van der Waals surface area contributed by atoms with Crippen LogP contribution in [0.1, 0.15) is 15.9 Å². The van der Waals surface area contributed by atoms with E-state index in [0.717, 1.165) is 5.56 Å². The number of aromatic nitrogens is 2. The molecule has 1 fully saturated rings. The van der Waals surface area contributed by atoms with Crippen LogP contribution < -0.4 is 11.1 Å². The molecule has 0 unspecified atom stereocenters. The Hall–Kier alpha value is -2.07. The normalized spacial score (nSPS) is 14.6. The number of nitrogens with zero attached hydrogens (tertiary/aromatic N) is 4. The van der Waals surface area contributed by atoms with Crippen LogP contribution in [-0.2, 0) is 11.3 Å². The van der Waals surface area contributed by atoms with Gasteiger partial charge < -0.3 is 10.6 Å². The molecule has 0 saturated carbocycles. The lowest BCUT2D eigenvalue weighted by Gasteiger charge is -2.34. The minimum absolute atomic E-state index is 0. The van der Waals surface area contributed by atoms with Crippen LogP contribution in [0.3, 0.4) is 0 Å². The smallest absolute Gasteiger partial charge is 0.253 e. The van der Waals surface area contributed by atoms with Gasteiger partial charge in [-0.3, -0.25) is 19.8 Å². The lowest BCUT2D eigenvalue weighted by molar-refractivity contribution is -0.117. The van der Waals surface area contributed by atoms with Crippen LogP contribution in [-0.4, -0.2) is 64.5 Å². The molecule has 0 radical (unpaired) electrons. The SMILES string of the molecule is Cl.NCc1ccc(C(=O)N2CCN(CC(=O)Nc3nncs3)CC2)cc1. The molecule has 0 spiro atoms. The van der Waals surface area contributed by atoms with Crippen molar-refractivity contribution in [1.29, 1.82) is 0 Å². The highest BCUT2D eigenvalue weighted by molar-refractivity contribution is 7.13. The van der Waals surface area contributed by atoms with Crippen molar-refractivity contribution in [2.45, 2.75) is 6.54 Å². The molecule has 0 atom stereocenters. The maximum absolute atomic E-state index is 12.5. The summed E-state index contributed by atoms with van der Waals surface area (Å²) in [6, 6.07) is 7.38. The lowest BCUT2D eigenvalue weighted by atomic mass is 10.1. The number of nitrogens with one attached hydrogen (secondary N) is 1. The van der Waals surface area contributed by atoms with Gasteiger partial charge in [-0.1, -0.05) is 23.5 Å². The van der Waals surface area contributed by atoms with Gasteiger partial charge in [-0.05, 0) is 17.7 Å². The molecule has 1 aliphatic heterocycles. The van der Waals surface area contributed by atoms with Crippen molar-refractivity contribution >= 4 is 40.7 Å². The van der Waals surface area contributed by atoms with Gasteiger partial charge in [0.15, 0.2) is 0 Å². The number of carbonyl (C=O) groups excluding carboxylic acids is 2. The van der Waals surface area contributed by atoms with Crippen molar-refractivity contribution in [3.63, 3.8) is 0 Å². The van der Waals surface area contributed by atoms with Gasteiger partial charge in [0.2, 0.25) is 11.0 Å². The van der Waals surface area contributed by atoms with E-state index in [-0.39, 0.29) is 30.8 Å². The fourth-order valence-electron chi connectivity index (χ4n) is 2.66. The van der Waals surface area contributed by atoms with E-state index in [1.165, 1.54) is 11.3 Å². The molecule has 8 nitrogen and oxygen atoms in total. The molecule has 2 amide bonds. The maximum atomic E-state index is 12.5. The zero-order valence-corrected chi connectivity index (χ0v) is 15.8. The minimum Gasteiger partial charge on any atom is -0.336 e. The Kier molecular flexibility index (Phi) is 7.46. The van der Waals surface area contributed by atoms with Crippen LogP contribution in [0, 0.1) is 0 Å². The Morgan fingerprint density at radius 3 is 2.42 bits per heavy atom. The maximum Gasteiger partial charge on any atom is 0.253 e. The van der Waals surface area contributed by atoms with E-state index in [1.807, 2.05) is 34.1 Å². The van der Waals surface area contributed by atoms with Gasteiger partial charge in [0.25, 0.3) is 5.91 Å². The zero-order valence-electron chi connectivity index (χ0n) is 14.1. The third-order valence-electron chi connectivity index (χ3n) is 4.07. The molecule has 2 aromatic rings. The summed E-state index contributed by atoms with van der Waals surface area (Å²) in [5, 5.41) is 10.7. The van der Waals surface area contributed by atoms with E-state index in [9.17, 15) is 9.59 Å². The molecule has 1 aromatic heterocycles. The first kappa shape index (κ1) is 20.2. The molecule has 140 valence electrons. The molecule has 0 bridgehead atoms. The number of carbonyl (C=O) groups is 2. The third kappa shape index (κ3) is 5.21. The Morgan fingerprint density at radius 1 is 1.15 bits per heavy atom. The van der Waals surface area contributed by atoms with E-state index in [0.29, 0.717) is 43.4 Å².